The number of carboxylic acids is 1. The van der Waals surface area contributed by atoms with Gasteiger partial charge in [-0.2, -0.15) is 5.10 Å². The minimum Gasteiger partial charge on any atom is -0.476 e. The van der Waals surface area contributed by atoms with Crippen LogP contribution < -0.4 is 5.73 Å². The first kappa shape index (κ1) is 8.32. The number of nitrogen functional groups attached to an aromatic ring is 1. The Balaban J connectivity index is 2.99. The molecule has 0 amide bonds. The van der Waals surface area contributed by atoms with Gasteiger partial charge in [0.1, 0.15) is 0 Å². The van der Waals surface area contributed by atoms with Gasteiger partial charge in [0.15, 0.2) is 5.69 Å². The molecule has 1 heterocycles. The lowest BCUT2D eigenvalue weighted by atomic mass is 10.4. The molecule has 0 bridgehead atoms. The molecule has 0 aliphatic heterocycles. The minimum absolute atomic E-state index is 0.114. The number of hydrogen-bond donors (Lipinski definition) is 2. The number of hydrogen-bond acceptors (Lipinski definition) is 3. The molecule has 0 radical (unpaired) electrons. The molecule has 5 nitrogen and oxygen atoms in total. The van der Waals surface area contributed by atoms with Gasteiger partial charge in [0.05, 0.1) is 12.2 Å². The molecular weight excluding hydrogens is 158 g/mol. The highest BCUT2D eigenvalue weighted by Crippen LogP contribution is 2.08. The summed E-state index contributed by atoms with van der Waals surface area (Å²) in [5, 5.41) is 12.3. The molecular formula is C7H9N3O2. The van der Waals surface area contributed by atoms with Gasteiger partial charge in [0, 0.05) is 6.20 Å². The van der Waals surface area contributed by atoms with Crippen LogP contribution in [0.4, 0.5) is 5.69 Å². The summed E-state index contributed by atoms with van der Waals surface area (Å²) in [4.78, 5) is 10.5. The molecule has 3 N–H and O–H groups in total. The maximum absolute atomic E-state index is 10.5. The molecule has 0 unspecified atom stereocenters. The summed E-state index contributed by atoms with van der Waals surface area (Å²) in [7, 11) is 0. The van der Waals surface area contributed by atoms with Crippen LogP contribution in [0, 0.1) is 0 Å². The number of aromatic carboxylic acids is 1. The van der Waals surface area contributed by atoms with Crippen LogP contribution in [-0.2, 0) is 6.54 Å². The van der Waals surface area contributed by atoms with Gasteiger partial charge in [-0.1, -0.05) is 6.08 Å². The SMILES string of the molecule is C=CCn1cc(N)c(C(=O)O)n1. The van der Waals surface area contributed by atoms with Crippen LogP contribution in [0.25, 0.3) is 0 Å². The zero-order valence-corrected chi connectivity index (χ0v) is 6.40. The van der Waals surface area contributed by atoms with Crippen LogP contribution in [0.1, 0.15) is 10.5 Å². The van der Waals surface area contributed by atoms with Crippen LogP contribution in [0.15, 0.2) is 18.9 Å². The minimum atomic E-state index is -1.12. The van der Waals surface area contributed by atoms with Gasteiger partial charge >= 0.3 is 5.97 Å². The van der Waals surface area contributed by atoms with E-state index >= 15 is 0 Å². The molecule has 1 aromatic rings. The number of carbonyl (C=O) groups is 1. The Morgan fingerprint density at radius 1 is 1.92 bits per heavy atom. The van der Waals surface area contributed by atoms with Crippen molar-refractivity contribution < 1.29 is 9.90 Å². The van der Waals surface area contributed by atoms with Gasteiger partial charge in [0.25, 0.3) is 0 Å². The van der Waals surface area contributed by atoms with Crippen LogP contribution in [-0.4, -0.2) is 20.9 Å². The van der Waals surface area contributed by atoms with Crippen molar-refractivity contribution in [2.45, 2.75) is 6.54 Å². The number of nitrogens with two attached hydrogens (primary N) is 1. The molecule has 0 aliphatic carbocycles. The fraction of sp³-hybridized carbons (Fsp3) is 0.143. The Morgan fingerprint density at radius 2 is 2.58 bits per heavy atom. The van der Waals surface area contributed by atoms with Crippen molar-refractivity contribution in [2.75, 3.05) is 5.73 Å². The highest BCUT2D eigenvalue weighted by atomic mass is 16.4. The van der Waals surface area contributed by atoms with E-state index in [4.69, 9.17) is 10.8 Å². The largest absolute Gasteiger partial charge is 0.476 e. The number of aromatic nitrogens is 2. The molecule has 0 spiro atoms. The number of nitrogens with zero attached hydrogens (tertiary/aromatic N) is 2. The highest BCUT2D eigenvalue weighted by Gasteiger charge is 2.11. The van der Waals surface area contributed by atoms with E-state index in [0.29, 0.717) is 6.54 Å². The first-order chi connectivity index (χ1) is 5.65. The lowest BCUT2D eigenvalue weighted by molar-refractivity contribution is 0.0690. The van der Waals surface area contributed by atoms with Gasteiger partial charge < -0.3 is 10.8 Å². The molecule has 0 aliphatic rings. The Morgan fingerprint density at radius 3 is 3.00 bits per heavy atom. The summed E-state index contributed by atoms with van der Waals surface area (Å²) in [6.45, 7) is 3.95. The maximum Gasteiger partial charge on any atom is 0.358 e. The fourth-order valence-electron chi connectivity index (χ4n) is 0.829. The number of carboxylic acid groups (broad SMARTS) is 1. The average Bonchev–Trinajstić information content (AvgIpc) is 2.32. The monoisotopic (exact) mass is 167 g/mol. The molecule has 5 heteroatoms. The quantitative estimate of drug-likeness (QED) is 0.636. The smallest absolute Gasteiger partial charge is 0.358 e. The number of allylic oxidation sites excluding steroid dienone is 1. The average molecular weight is 167 g/mol. The van der Waals surface area contributed by atoms with Crippen molar-refractivity contribution in [3.8, 4) is 0 Å². The second-order valence-corrected chi connectivity index (χ2v) is 2.25. The molecule has 64 valence electrons. The Labute approximate surface area is 69.1 Å². The second kappa shape index (κ2) is 3.08. The van der Waals surface area contributed by atoms with Gasteiger partial charge in [0.2, 0.25) is 0 Å². The lowest BCUT2D eigenvalue weighted by Crippen LogP contribution is -2.02. The van der Waals surface area contributed by atoms with E-state index in [2.05, 4.69) is 11.7 Å². The second-order valence-electron chi connectivity index (χ2n) is 2.25. The van der Waals surface area contributed by atoms with Gasteiger partial charge in [-0.05, 0) is 0 Å². The topological polar surface area (TPSA) is 81.1 Å². The zero-order valence-electron chi connectivity index (χ0n) is 6.40. The summed E-state index contributed by atoms with van der Waals surface area (Å²) in [5.74, 6) is -1.12. The zero-order chi connectivity index (χ0) is 9.14. The standard InChI is InChI=1S/C7H9N3O2/c1-2-3-10-4-5(8)6(9-10)7(11)12/h2,4H,1,3,8H2,(H,11,12). The van der Waals surface area contributed by atoms with Crippen molar-refractivity contribution in [1.82, 2.24) is 9.78 Å². The summed E-state index contributed by atoms with van der Waals surface area (Å²) >= 11 is 0. The van der Waals surface area contributed by atoms with E-state index in [1.54, 1.807) is 6.08 Å². The normalized spacial score (nSPS) is 9.67. The molecule has 0 fully saturated rings. The van der Waals surface area contributed by atoms with Crippen molar-refractivity contribution in [3.05, 3.63) is 24.5 Å². The number of rotatable bonds is 3. The van der Waals surface area contributed by atoms with Crippen LogP contribution in [0.3, 0.4) is 0 Å². The van der Waals surface area contributed by atoms with Crippen LogP contribution >= 0.6 is 0 Å². The summed E-state index contributed by atoms with van der Waals surface area (Å²) in [5.41, 5.74) is 5.43. The van der Waals surface area contributed by atoms with Crippen LogP contribution in [0.5, 0.6) is 0 Å². The predicted octanol–water partition coefficient (Wildman–Crippen LogP) is 0.349. The molecule has 0 saturated heterocycles. The Kier molecular flexibility index (Phi) is 2.14. The maximum atomic E-state index is 10.5. The van der Waals surface area contributed by atoms with E-state index in [0.717, 1.165) is 0 Å². The van der Waals surface area contributed by atoms with Crippen molar-refractivity contribution in [3.63, 3.8) is 0 Å². The van der Waals surface area contributed by atoms with E-state index in [9.17, 15) is 4.79 Å². The summed E-state index contributed by atoms with van der Waals surface area (Å²) in [6, 6.07) is 0. The summed E-state index contributed by atoms with van der Waals surface area (Å²) < 4.78 is 1.42. The van der Waals surface area contributed by atoms with Crippen molar-refractivity contribution in [1.29, 1.82) is 0 Å². The van der Waals surface area contributed by atoms with E-state index in [1.807, 2.05) is 0 Å². The van der Waals surface area contributed by atoms with Crippen LogP contribution in [0.2, 0.25) is 0 Å². The third kappa shape index (κ3) is 1.45. The third-order valence-corrected chi connectivity index (χ3v) is 1.31. The molecule has 1 rings (SSSR count). The van der Waals surface area contributed by atoms with Crippen molar-refractivity contribution in [2.24, 2.45) is 0 Å². The van der Waals surface area contributed by atoms with Gasteiger partial charge in [-0.25, -0.2) is 4.79 Å². The third-order valence-electron chi connectivity index (χ3n) is 1.31. The highest BCUT2D eigenvalue weighted by molar-refractivity contribution is 5.91. The predicted molar refractivity (Wildman–Crippen MR) is 43.8 cm³/mol. The summed E-state index contributed by atoms with van der Waals surface area (Å²) in [6.07, 6.45) is 3.07. The molecule has 1 aromatic heterocycles. The Bertz CT molecular complexity index is 316. The molecule has 0 saturated carbocycles. The van der Waals surface area contributed by atoms with Crippen molar-refractivity contribution >= 4 is 11.7 Å². The van der Waals surface area contributed by atoms with E-state index in [-0.39, 0.29) is 11.4 Å². The lowest BCUT2D eigenvalue weighted by Gasteiger charge is -1.90. The first-order valence-corrected chi connectivity index (χ1v) is 3.32. The first-order valence-electron chi connectivity index (χ1n) is 3.32. The molecule has 12 heavy (non-hydrogen) atoms. The fourth-order valence-corrected chi connectivity index (χ4v) is 0.829. The Hall–Kier alpha value is -1.78. The molecule has 0 atom stereocenters. The van der Waals surface area contributed by atoms with E-state index < -0.39 is 5.97 Å². The van der Waals surface area contributed by atoms with Gasteiger partial charge in [-0.3, -0.25) is 4.68 Å². The molecule has 0 aromatic carbocycles. The number of anilines is 1. The van der Waals surface area contributed by atoms with Gasteiger partial charge in [-0.15, -0.1) is 6.58 Å². The van der Waals surface area contributed by atoms with E-state index in [1.165, 1.54) is 10.9 Å².